The molecule has 2 rings (SSSR count). The predicted molar refractivity (Wildman–Crippen MR) is 63.4 cm³/mol. The molecule has 1 nitrogen and oxygen atoms in total. The molecule has 82 valence electrons. The zero-order valence-electron chi connectivity index (χ0n) is 9.71. The first kappa shape index (κ1) is 10.5. The van der Waals surface area contributed by atoms with Gasteiger partial charge in [0.25, 0.3) is 0 Å². The Hall–Kier alpha value is -0.980. The van der Waals surface area contributed by atoms with E-state index in [-0.39, 0.29) is 0 Å². The van der Waals surface area contributed by atoms with Crippen LogP contribution in [-0.2, 0) is 0 Å². The summed E-state index contributed by atoms with van der Waals surface area (Å²) in [4.78, 5) is 0. The fourth-order valence-electron chi connectivity index (χ4n) is 2.72. The van der Waals surface area contributed by atoms with E-state index in [1.807, 2.05) is 13.0 Å². The van der Waals surface area contributed by atoms with Gasteiger partial charge in [0.15, 0.2) is 0 Å². The fourth-order valence-corrected chi connectivity index (χ4v) is 2.72. The van der Waals surface area contributed by atoms with Crippen molar-refractivity contribution >= 4 is 0 Å². The molecule has 15 heavy (non-hydrogen) atoms. The van der Waals surface area contributed by atoms with Gasteiger partial charge in [-0.25, -0.2) is 0 Å². The molecule has 0 unspecified atom stereocenters. The van der Waals surface area contributed by atoms with Gasteiger partial charge >= 0.3 is 0 Å². The summed E-state index contributed by atoms with van der Waals surface area (Å²) in [5.41, 5.74) is 3.49. The van der Waals surface area contributed by atoms with E-state index in [9.17, 15) is 5.11 Å². The van der Waals surface area contributed by atoms with Crippen LogP contribution in [0.25, 0.3) is 0 Å². The first-order chi connectivity index (χ1) is 7.20. The Bertz CT molecular complexity index is 349. The number of aromatic hydroxyl groups is 1. The van der Waals surface area contributed by atoms with Gasteiger partial charge in [-0.3, -0.25) is 0 Å². The third-order valence-electron chi connectivity index (χ3n) is 3.65. The van der Waals surface area contributed by atoms with Gasteiger partial charge in [0.1, 0.15) is 5.75 Å². The van der Waals surface area contributed by atoms with E-state index in [1.54, 1.807) is 0 Å². The fraction of sp³-hybridized carbons (Fsp3) is 0.571. The highest BCUT2D eigenvalue weighted by Gasteiger charge is 2.20. The van der Waals surface area contributed by atoms with Crippen molar-refractivity contribution in [1.82, 2.24) is 0 Å². The summed E-state index contributed by atoms with van der Waals surface area (Å²) in [7, 11) is 0. The third-order valence-corrected chi connectivity index (χ3v) is 3.65. The molecule has 0 saturated heterocycles. The Morgan fingerprint density at radius 2 is 1.60 bits per heavy atom. The Morgan fingerprint density at radius 3 is 2.27 bits per heavy atom. The molecule has 0 amide bonds. The van der Waals surface area contributed by atoms with Crippen LogP contribution in [0, 0.1) is 13.8 Å². The number of phenols is 1. The van der Waals surface area contributed by atoms with E-state index in [4.69, 9.17) is 0 Å². The first-order valence-corrected chi connectivity index (χ1v) is 5.99. The smallest absolute Gasteiger partial charge is 0.122 e. The molecule has 0 bridgehead atoms. The molecule has 0 aromatic heterocycles. The second kappa shape index (κ2) is 4.26. The number of benzene rings is 1. The number of rotatable bonds is 1. The van der Waals surface area contributed by atoms with Crippen molar-refractivity contribution < 1.29 is 5.11 Å². The van der Waals surface area contributed by atoms with Crippen molar-refractivity contribution in [2.45, 2.75) is 51.9 Å². The van der Waals surface area contributed by atoms with Crippen LogP contribution in [0.15, 0.2) is 12.1 Å². The molecular formula is C14H20O. The lowest BCUT2D eigenvalue weighted by molar-refractivity contribution is 0.411. The normalized spacial score (nSPS) is 18.0. The number of hydrogen-bond acceptors (Lipinski definition) is 1. The second-order valence-electron chi connectivity index (χ2n) is 4.80. The molecular weight excluding hydrogens is 184 g/mol. The van der Waals surface area contributed by atoms with E-state index < -0.39 is 0 Å². The largest absolute Gasteiger partial charge is 0.507 e. The summed E-state index contributed by atoms with van der Waals surface area (Å²) in [6.07, 6.45) is 6.49. The van der Waals surface area contributed by atoms with Crippen molar-refractivity contribution in [1.29, 1.82) is 0 Å². The average Bonchev–Trinajstić information content (AvgIpc) is 2.26. The molecule has 1 aromatic rings. The van der Waals surface area contributed by atoms with Gasteiger partial charge in [-0.15, -0.1) is 0 Å². The highest BCUT2D eigenvalue weighted by Crippen LogP contribution is 2.40. The minimum absolute atomic E-state index is 0.543. The number of hydrogen-bond donors (Lipinski definition) is 1. The van der Waals surface area contributed by atoms with Crippen LogP contribution >= 0.6 is 0 Å². The molecule has 0 atom stereocenters. The van der Waals surface area contributed by atoms with E-state index in [2.05, 4.69) is 13.0 Å². The monoisotopic (exact) mass is 204 g/mol. The maximum absolute atomic E-state index is 10.1. The number of phenolic OH excluding ortho intramolecular Hbond substituents is 1. The average molecular weight is 204 g/mol. The Labute approximate surface area is 92.1 Å². The van der Waals surface area contributed by atoms with E-state index in [0.29, 0.717) is 11.7 Å². The lowest BCUT2D eigenvalue weighted by Gasteiger charge is -2.25. The first-order valence-electron chi connectivity index (χ1n) is 5.99. The molecule has 0 aliphatic heterocycles. The van der Waals surface area contributed by atoms with Crippen LogP contribution in [0.3, 0.4) is 0 Å². The van der Waals surface area contributed by atoms with Crippen LogP contribution in [0.5, 0.6) is 5.75 Å². The summed E-state index contributed by atoms with van der Waals surface area (Å²) in [6.45, 7) is 4.10. The van der Waals surface area contributed by atoms with Gasteiger partial charge in [-0.2, -0.15) is 0 Å². The lowest BCUT2D eigenvalue weighted by atomic mass is 9.81. The number of aryl methyl sites for hydroxylation is 2. The van der Waals surface area contributed by atoms with E-state index in [1.165, 1.54) is 43.2 Å². The minimum Gasteiger partial charge on any atom is -0.507 e. The standard InChI is InChI=1S/C14H20O/c1-10-8-9-11(2)14(15)13(10)12-6-4-3-5-7-12/h8-9,12,15H,3-7H2,1-2H3. The maximum atomic E-state index is 10.1. The molecule has 0 heterocycles. The SMILES string of the molecule is Cc1ccc(C)c(C2CCCCC2)c1O. The second-order valence-corrected chi connectivity index (χ2v) is 4.80. The maximum Gasteiger partial charge on any atom is 0.122 e. The van der Waals surface area contributed by atoms with Gasteiger partial charge in [0.2, 0.25) is 0 Å². The highest BCUT2D eigenvalue weighted by atomic mass is 16.3. The topological polar surface area (TPSA) is 20.2 Å². The van der Waals surface area contributed by atoms with Gasteiger partial charge < -0.3 is 5.11 Å². The summed E-state index contributed by atoms with van der Waals surface area (Å²) in [6, 6.07) is 4.15. The summed E-state index contributed by atoms with van der Waals surface area (Å²) in [5.74, 6) is 1.14. The Kier molecular flexibility index (Phi) is 2.99. The third kappa shape index (κ3) is 2.01. The van der Waals surface area contributed by atoms with Crippen molar-refractivity contribution in [2.24, 2.45) is 0 Å². The van der Waals surface area contributed by atoms with Crippen molar-refractivity contribution in [3.8, 4) is 5.75 Å². The summed E-state index contributed by atoms with van der Waals surface area (Å²) in [5, 5.41) is 10.1. The van der Waals surface area contributed by atoms with Gasteiger partial charge in [-0.05, 0) is 43.7 Å². The molecule has 1 saturated carbocycles. The zero-order valence-corrected chi connectivity index (χ0v) is 9.71. The highest BCUT2D eigenvalue weighted by molar-refractivity contribution is 5.46. The van der Waals surface area contributed by atoms with E-state index >= 15 is 0 Å². The summed E-state index contributed by atoms with van der Waals surface area (Å²) < 4.78 is 0. The van der Waals surface area contributed by atoms with Gasteiger partial charge in [0, 0.05) is 5.56 Å². The van der Waals surface area contributed by atoms with Gasteiger partial charge in [-0.1, -0.05) is 31.4 Å². The van der Waals surface area contributed by atoms with Crippen LogP contribution in [0.1, 0.15) is 54.7 Å². The van der Waals surface area contributed by atoms with Crippen LogP contribution in [-0.4, -0.2) is 5.11 Å². The molecule has 1 N–H and O–H groups in total. The molecule has 1 aliphatic carbocycles. The zero-order chi connectivity index (χ0) is 10.8. The van der Waals surface area contributed by atoms with E-state index in [0.717, 1.165) is 5.56 Å². The van der Waals surface area contributed by atoms with Crippen LogP contribution < -0.4 is 0 Å². The lowest BCUT2D eigenvalue weighted by Crippen LogP contribution is -2.07. The predicted octanol–water partition coefficient (Wildman–Crippen LogP) is 4.06. The van der Waals surface area contributed by atoms with Crippen molar-refractivity contribution in [3.63, 3.8) is 0 Å². The van der Waals surface area contributed by atoms with Crippen molar-refractivity contribution in [3.05, 3.63) is 28.8 Å². The minimum atomic E-state index is 0.543. The molecule has 1 aliphatic rings. The molecule has 1 aromatic carbocycles. The Morgan fingerprint density at radius 1 is 1.00 bits per heavy atom. The quantitative estimate of drug-likeness (QED) is 0.731. The molecule has 0 spiro atoms. The Balaban J connectivity index is 2.36. The van der Waals surface area contributed by atoms with Crippen LogP contribution in [0.2, 0.25) is 0 Å². The van der Waals surface area contributed by atoms with Crippen molar-refractivity contribution in [2.75, 3.05) is 0 Å². The summed E-state index contributed by atoms with van der Waals surface area (Å²) >= 11 is 0. The van der Waals surface area contributed by atoms with Crippen LogP contribution in [0.4, 0.5) is 0 Å². The molecule has 1 heteroatoms. The molecule has 1 fully saturated rings. The van der Waals surface area contributed by atoms with Gasteiger partial charge in [0.05, 0.1) is 0 Å². The molecule has 0 radical (unpaired) electrons.